The molecule has 0 heterocycles. The van der Waals surface area contributed by atoms with Gasteiger partial charge < -0.3 is 25.4 Å². The van der Waals surface area contributed by atoms with Crippen molar-refractivity contribution in [2.75, 3.05) is 20.7 Å². The molecule has 0 aromatic heterocycles. The number of esters is 1. The zero-order chi connectivity index (χ0) is 29.4. The van der Waals surface area contributed by atoms with Crippen molar-refractivity contribution in [2.24, 2.45) is 5.73 Å². The molecule has 3 aromatic carbocycles. The van der Waals surface area contributed by atoms with E-state index in [1.54, 1.807) is 36.4 Å². The molecular weight excluding hydrogens is 529 g/mol. The SMILES string of the molecule is CN(C)C(=O)c1ccc(C(=O)N[C@@H](COc2cccc(C(=N)N)c2)Cc2ccccc2)c(OC(=O)C(F)(F)F)c1. The Balaban J connectivity index is 1.90. The molecule has 0 aliphatic heterocycles. The van der Waals surface area contributed by atoms with Gasteiger partial charge in [0.05, 0.1) is 11.6 Å². The maximum Gasteiger partial charge on any atom is 0.491 e. The molecule has 4 N–H and O–H groups in total. The third kappa shape index (κ3) is 8.06. The molecule has 0 spiro atoms. The Hall–Kier alpha value is -4.87. The molecular formula is C28H27F3N4O5. The summed E-state index contributed by atoms with van der Waals surface area (Å²) >= 11 is 0. The average molecular weight is 557 g/mol. The van der Waals surface area contributed by atoms with Gasteiger partial charge in [-0.1, -0.05) is 42.5 Å². The predicted molar refractivity (Wildman–Crippen MR) is 141 cm³/mol. The molecule has 0 radical (unpaired) electrons. The standard InChI is InChI=1S/C28H27F3N4O5/c1-35(2)26(37)19-11-12-22(23(15-19)40-27(38)28(29,30)31)25(36)34-20(13-17-7-4-3-5-8-17)16-39-21-10-6-9-18(14-21)24(32)33/h3-12,14-15,20H,13,16H2,1-2H3,(H3,32,33)(H,34,36)/t20-/m1/s1. The van der Waals surface area contributed by atoms with Crippen LogP contribution in [0.15, 0.2) is 72.8 Å². The molecule has 0 aliphatic carbocycles. The number of rotatable bonds is 10. The molecule has 0 saturated heterocycles. The number of alkyl halides is 3. The Kier molecular flexibility index (Phi) is 9.49. The Labute approximate surface area is 228 Å². The normalized spacial score (nSPS) is 11.7. The Bertz CT molecular complexity index is 1390. The summed E-state index contributed by atoms with van der Waals surface area (Å²) in [5.74, 6) is -4.45. The smallest absolute Gasteiger partial charge is 0.491 e. The van der Waals surface area contributed by atoms with E-state index < -0.39 is 35.8 Å². The van der Waals surface area contributed by atoms with Gasteiger partial charge in [-0.05, 0) is 42.3 Å². The lowest BCUT2D eigenvalue weighted by atomic mass is 10.0. The number of carbonyl (C=O) groups is 3. The van der Waals surface area contributed by atoms with Crippen molar-refractivity contribution in [1.82, 2.24) is 10.2 Å². The highest BCUT2D eigenvalue weighted by Crippen LogP contribution is 2.26. The summed E-state index contributed by atoms with van der Waals surface area (Å²) in [6.07, 6.45) is -5.04. The van der Waals surface area contributed by atoms with Crippen molar-refractivity contribution in [3.8, 4) is 11.5 Å². The summed E-state index contributed by atoms with van der Waals surface area (Å²) in [5.41, 5.74) is 6.34. The molecule has 3 aromatic rings. The van der Waals surface area contributed by atoms with Crippen LogP contribution in [0.4, 0.5) is 13.2 Å². The fraction of sp³-hybridized carbons (Fsp3) is 0.214. The lowest BCUT2D eigenvalue weighted by molar-refractivity contribution is -0.189. The first-order chi connectivity index (χ1) is 18.8. The Morgan fingerprint density at radius 3 is 2.30 bits per heavy atom. The van der Waals surface area contributed by atoms with Crippen molar-refractivity contribution in [2.45, 2.75) is 18.6 Å². The monoisotopic (exact) mass is 556 g/mol. The van der Waals surface area contributed by atoms with Gasteiger partial charge in [0.25, 0.3) is 11.8 Å². The number of nitrogens with one attached hydrogen (secondary N) is 2. The molecule has 9 nitrogen and oxygen atoms in total. The van der Waals surface area contributed by atoms with Crippen LogP contribution in [0.25, 0.3) is 0 Å². The first-order valence-corrected chi connectivity index (χ1v) is 11.9. The number of ether oxygens (including phenoxy) is 2. The minimum atomic E-state index is -5.33. The molecule has 2 amide bonds. The second-order valence-corrected chi connectivity index (χ2v) is 8.91. The van der Waals surface area contributed by atoms with E-state index >= 15 is 0 Å². The van der Waals surface area contributed by atoms with Crippen LogP contribution in [0.5, 0.6) is 11.5 Å². The Morgan fingerprint density at radius 1 is 0.975 bits per heavy atom. The zero-order valence-electron chi connectivity index (χ0n) is 21.6. The lowest BCUT2D eigenvalue weighted by Gasteiger charge is -2.21. The summed E-state index contributed by atoms with van der Waals surface area (Å²) in [6, 6.07) is 18.1. The molecule has 3 rings (SSSR count). The fourth-order valence-corrected chi connectivity index (χ4v) is 3.61. The number of hydrogen-bond donors (Lipinski definition) is 3. The van der Waals surface area contributed by atoms with Gasteiger partial charge in [-0.25, -0.2) is 4.79 Å². The van der Waals surface area contributed by atoms with E-state index in [2.05, 4.69) is 10.1 Å². The third-order valence-corrected chi connectivity index (χ3v) is 5.57. The van der Waals surface area contributed by atoms with Gasteiger partial charge in [0, 0.05) is 25.2 Å². The van der Waals surface area contributed by atoms with Crippen molar-refractivity contribution >= 4 is 23.6 Å². The van der Waals surface area contributed by atoms with Gasteiger partial charge in [0.1, 0.15) is 23.9 Å². The molecule has 0 fully saturated rings. The number of benzene rings is 3. The van der Waals surface area contributed by atoms with E-state index in [1.807, 2.05) is 18.2 Å². The van der Waals surface area contributed by atoms with Crippen molar-refractivity contribution in [1.29, 1.82) is 5.41 Å². The molecule has 210 valence electrons. The molecule has 0 saturated carbocycles. The van der Waals surface area contributed by atoms with Crippen LogP contribution in [0, 0.1) is 5.41 Å². The highest BCUT2D eigenvalue weighted by atomic mass is 19.4. The summed E-state index contributed by atoms with van der Waals surface area (Å²) in [5, 5.41) is 10.3. The number of nitrogen functional groups attached to an aromatic ring is 1. The van der Waals surface area contributed by atoms with E-state index in [1.165, 1.54) is 25.1 Å². The van der Waals surface area contributed by atoms with Crippen LogP contribution in [0.1, 0.15) is 31.8 Å². The largest absolute Gasteiger partial charge is 0.491 e. The highest BCUT2D eigenvalue weighted by molar-refractivity contribution is 6.01. The van der Waals surface area contributed by atoms with Crippen LogP contribution in [-0.2, 0) is 11.2 Å². The maximum atomic E-state index is 13.3. The van der Waals surface area contributed by atoms with E-state index in [0.29, 0.717) is 11.3 Å². The summed E-state index contributed by atoms with van der Waals surface area (Å²) in [6.45, 7) is -0.0587. The number of amides is 2. The number of carbonyl (C=O) groups excluding carboxylic acids is 3. The summed E-state index contributed by atoms with van der Waals surface area (Å²) in [4.78, 5) is 38.4. The van der Waals surface area contributed by atoms with Crippen LogP contribution >= 0.6 is 0 Å². The maximum absolute atomic E-state index is 13.3. The third-order valence-electron chi connectivity index (χ3n) is 5.57. The fourth-order valence-electron chi connectivity index (χ4n) is 3.61. The van der Waals surface area contributed by atoms with Crippen LogP contribution in [0.2, 0.25) is 0 Å². The van der Waals surface area contributed by atoms with Crippen molar-refractivity contribution < 1.29 is 37.0 Å². The van der Waals surface area contributed by atoms with Crippen LogP contribution in [0.3, 0.4) is 0 Å². The second-order valence-electron chi connectivity index (χ2n) is 8.91. The van der Waals surface area contributed by atoms with Crippen molar-refractivity contribution in [3.05, 3.63) is 95.1 Å². The minimum absolute atomic E-state index is 0.0587. The van der Waals surface area contributed by atoms with Crippen LogP contribution in [-0.4, -0.2) is 61.4 Å². The lowest BCUT2D eigenvalue weighted by Crippen LogP contribution is -2.41. The van der Waals surface area contributed by atoms with E-state index in [9.17, 15) is 27.6 Å². The van der Waals surface area contributed by atoms with Gasteiger partial charge >= 0.3 is 12.1 Å². The number of hydrogen-bond acceptors (Lipinski definition) is 6. The second kappa shape index (κ2) is 12.8. The Morgan fingerprint density at radius 2 is 1.68 bits per heavy atom. The number of halogens is 3. The van der Waals surface area contributed by atoms with Gasteiger partial charge in [0.2, 0.25) is 0 Å². The van der Waals surface area contributed by atoms with E-state index in [0.717, 1.165) is 17.7 Å². The first kappa shape index (κ1) is 29.7. The first-order valence-electron chi connectivity index (χ1n) is 11.9. The van der Waals surface area contributed by atoms with Crippen LogP contribution < -0.4 is 20.5 Å². The molecule has 40 heavy (non-hydrogen) atoms. The van der Waals surface area contributed by atoms with Gasteiger partial charge in [0.15, 0.2) is 0 Å². The quantitative estimate of drug-likeness (QED) is 0.151. The summed E-state index contributed by atoms with van der Waals surface area (Å²) in [7, 11) is 2.87. The van der Waals surface area contributed by atoms with E-state index in [4.69, 9.17) is 15.9 Å². The zero-order valence-corrected chi connectivity index (χ0v) is 21.6. The number of amidine groups is 1. The van der Waals surface area contributed by atoms with Crippen molar-refractivity contribution in [3.63, 3.8) is 0 Å². The minimum Gasteiger partial charge on any atom is -0.491 e. The van der Waals surface area contributed by atoms with E-state index in [-0.39, 0.29) is 30.0 Å². The molecule has 0 bridgehead atoms. The summed E-state index contributed by atoms with van der Waals surface area (Å²) < 4.78 is 49.2. The molecule has 0 unspecified atom stereocenters. The number of nitrogens with two attached hydrogens (primary N) is 1. The number of nitrogens with zero attached hydrogens (tertiary/aromatic N) is 1. The average Bonchev–Trinajstić information content (AvgIpc) is 2.91. The van der Waals surface area contributed by atoms with Gasteiger partial charge in [-0.2, -0.15) is 13.2 Å². The predicted octanol–water partition coefficient (Wildman–Crippen LogP) is 3.56. The van der Waals surface area contributed by atoms with Gasteiger partial charge in [-0.15, -0.1) is 0 Å². The molecule has 1 atom stereocenters. The molecule has 0 aliphatic rings. The molecule has 12 heteroatoms. The topological polar surface area (TPSA) is 135 Å². The highest BCUT2D eigenvalue weighted by Gasteiger charge is 2.42. The van der Waals surface area contributed by atoms with Gasteiger partial charge in [-0.3, -0.25) is 15.0 Å².